The van der Waals surface area contributed by atoms with Gasteiger partial charge < -0.3 is 4.90 Å². The second-order valence-electron chi connectivity index (χ2n) is 7.35. The molecule has 3 rings (SSSR count). The minimum Gasteiger partial charge on any atom is -0.356 e. The van der Waals surface area contributed by atoms with Gasteiger partial charge in [0.15, 0.2) is 0 Å². The van der Waals surface area contributed by atoms with E-state index in [4.69, 9.17) is 12.2 Å². The number of nitrogens with zero attached hydrogens (tertiary/aromatic N) is 4. The number of aromatic nitrogens is 1. The molecule has 30 heavy (non-hydrogen) atoms. The van der Waals surface area contributed by atoms with Gasteiger partial charge >= 0.3 is 0 Å². The maximum Gasteiger partial charge on any atom is 0.270 e. The van der Waals surface area contributed by atoms with E-state index in [9.17, 15) is 14.9 Å². The van der Waals surface area contributed by atoms with Crippen LogP contribution in [-0.4, -0.2) is 50.8 Å². The maximum absolute atomic E-state index is 13.0. The van der Waals surface area contributed by atoms with E-state index in [-0.39, 0.29) is 17.0 Å². The Morgan fingerprint density at radius 2 is 1.93 bits per heavy atom. The maximum atomic E-state index is 13.0. The van der Waals surface area contributed by atoms with Crippen LogP contribution in [0.1, 0.15) is 42.9 Å². The van der Waals surface area contributed by atoms with Crippen LogP contribution in [0.4, 0.5) is 5.82 Å². The first-order valence-electron chi connectivity index (χ1n) is 10.1. The fourth-order valence-electron chi connectivity index (χ4n) is 3.71. The lowest BCUT2D eigenvalue weighted by molar-refractivity contribution is -0.122. The van der Waals surface area contributed by atoms with Crippen LogP contribution in [0.3, 0.4) is 0 Å². The van der Waals surface area contributed by atoms with Crippen LogP contribution in [0.5, 0.6) is 0 Å². The van der Waals surface area contributed by atoms with E-state index in [1.165, 1.54) is 11.8 Å². The molecule has 0 spiro atoms. The standard InChI is InChI=1S/C21H26N4O2S3/c1-4-5-6-7-25-20(27)17(30-21(25)28)12-15-14(2)16(13-22)19(26)23(3)18(15)24-8-10-29-11-9-24/h12H,4-11H2,1-3H3/b17-12-. The van der Waals surface area contributed by atoms with Crippen LogP contribution in [0.25, 0.3) is 6.08 Å². The lowest BCUT2D eigenvalue weighted by Crippen LogP contribution is -2.38. The molecule has 2 fully saturated rings. The number of unbranched alkanes of at least 4 members (excludes halogenated alkanes) is 2. The Bertz CT molecular complexity index is 987. The molecule has 0 radical (unpaired) electrons. The highest BCUT2D eigenvalue weighted by molar-refractivity contribution is 8.26. The molecular formula is C21H26N4O2S3. The average molecular weight is 463 g/mol. The molecule has 2 aliphatic rings. The van der Waals surface area contributed by atoms with Gasteiger partial charge in [0.1, 0.15) is 21.8 Å². The number of anilines is 1. The zero-order valence-electron chi connectivity index (χ0n) is 17.6. The number of thiocarbonyl (C=S) groups is 1. The molecule has 160 valence electrons. The lowest BCUT2D eigenvalue weighted by atomic mass is 10.0. The van der Waals surface area contributed by atoms with E-state index in [1.54, 1.807) is 23.4 Å². The van der Waals surface area contributed by atoms with Crippen molar-refractivity contribution in [3.05, 3.63) is 31.9 Å². The van der Waals surface area contributed by atoms with Crippen LogP contribution >= 0.6 is 35.7 Å². The van der Waals surface area contributed by atoms with Gasteiger partial charge in [0.2, 0.25) is 0 Å². The van der Waals surface area contributed by atoms with Crippen LogP contribution in [0.15, 0.2) is 9.70 Å². The second kappa shape index (κ2) is 10.0. The normalized spacial score (nSPS) is 18.4. The summed E-state index contributed by atoms with van der Waals surface area (Å²) in [4.78, 5) is 30.2. The summed E-state index contributed by atoms with van der Waals surface area (Å²) in [5.74, 6) is 2.64. The van der Waals surface area contributed by atoms with Crippen molar-refractivity contribution in [1.29, 1.82) is 5.26 Å². The Morgan fingerprint density at radius 3 is 2.57 bits per heavy atom. The number of carbonyl (C=O) groups is 1. The molecule has 2 saturated heterocycles. The summed E-state index contributed by atoms with van der Waals surface area (Å²) in [7, 11) is 1.70. The van der Waals surface area contributed by atoms with Crippen molar-refractivity contribution in [2.75, 3.05) is 36.0 Å². The Labute approximate surface area is 191 Å². The summed E-state index contributed by atoms with van der Waals surface area (Å²) in [5, 5.41) is 9.56. The van der Waals surface area contributed by atoms with Crippen molar-refractivity contribution in [3.63, 3.8) is 0 Å². The van der Waals surface area contributed by atoms with Gasteiger partial charge in [-0.2, -0.15) is 17.0 Å². The van der Waals surface area contributed by atoms with Gasteiger partial charge in [-0.1, -0.05) is 43.7 Å². The predicted molar refractivity (Wildman–Crippen MR) is 130 cm³/mol. The molecule has 9 heteroatoms. The third-order valence-corrected chi connectivity index (χ3v) is 7.73. The number of carbonyl (C=O) groups excluding carboxylic acids is 1. The number of rotatable bonds is 6. The molecule has 1 aromatic rings. The fraction of sp³-hybridized carbons (Fsp3) is 0.524. The van der Waals surface area contributed by atoms with E-state index in [2.05, 4.69) is 11.8 Å². The third kappa shape index (κ3) is 4.46. The second-order valence-corrected chi connectivity index (χ2v) is 10.3. The molecule has 2 aliphatic heterocycles. The number of nitriles is 1. The largest absolute Gasteiger partial charge is 0.356 e. The quantitative estimate of drug-likeness (QED) is 0.364. The summed E-state index contributed by atoms with van der Waals surface area (Å²) in [5.41, 5.74) is 1.20. The molecule has 0 saturated carbocycles. The molecule has 0 aromatic carbocycles. The minimum absolute atomic E-state index is 0.0898. The first-order valence-corrected chi connectivity index (χ1v) is 12.5. The number of hydrogen-bond acceptors (Lipinski definition) is 7. The first kappa shape index (κ1) is 22.9. The SMILES string of the molecule is CCCCCN1C(=O)/C(=C/c2c(C)c(C#N)c(=O)n(C)c2N2CCSCC2)SC1=S. The highest BCUT2D eigenvalue weighted by atomic mass is 32.2. The van der Waals surface area contributed by atoms with Gasteiger partial charge in [0.25, 0.3) is 11.5 Å². The van der Waals surface area contributed by atoms with E-state index in [0.717, 1.165) is 55.2 Å². The summed E-state index contributed by atoms with van der Waals surface area (Å²) < 4.78 is 2.12. The van der Waals surface area contributed by atoms with Crippen molar-refractivity contribution in [3.8, 4) is 6.07 Å². The smallest absolute Gasteiger partial charge is 0.270 e. The molecule has 1 aromatic heterocycles. The van der Waals surface area contributed by atoms with Crippen molar-refractivity contribution in [2.45, 2.75) is 33.1 Å². The van der Waals surface area contributed by atoms with E-state index >= 15 is 0 Å². The van der Waals surface area contributed by atoms with Gasteiger partial charge in [-0.05, 0) is 25.0 Å². The lowest BCUT2D eigenvalue weighted by Gasteiger charge is -2.32. The zero-order valence-corrected chi connectivity index (χ0v) is 20.0. The summed E-state index contributed by atoms with van der Waals surface area (Å²) in [6.45, 7) is 6.18. The Hall–Kier alpha value is -1.76. The molecule has 0 atom stereocenters. The van der Waals surface area contributed by atoms with Crippen LogP contribution < -0.4 is 10.5 Å². The van der Waals surface area contributed by atoms with Crippen LogP contribution in [-0.2, 0) is 11.8 Å². The van der Waals surface area contributed by atoms with Gasteiger partial charge in [0.05, 0.1) is 4.91 Å². The number of amides is 1. The van der Waals surface area contributed by atoms with Crippen molar-refractivity contribution >= 4 is 57.9 Å². The van der Waals surface area contributed by atoms with Gasteiger partial charge in [-0.3, -0.25) is 19.1 Å². The third-order valence-electron chi connectivity index (χ3n) is 5.41. The molecule has 6 nitrogen and oxygen atoms in total. The minimum atomic E-state index is -0.299. The Morgan fingerprint density at radius 1 is 1.23 bits per heavy atom. The van der Waals surface area contributed by atoms with Crippen molar-refractivity contribution < 1.29 is 4.79 Å². The van der Waals surface area contributed by atoms with E-state index in [1.807, 2.05) is 23.9 Å². The van der Waals surface area contributed by atoms with Crippen LogP contribution in [0, 0.1) is 18.3 Å². The van der Waals surface area contributed by atoms with Crippen molar-refractivity contribution in [2.24, 2.45) is 7.05 Å². The molecular weight excluding hydrogens is 436 g/mol. The molecule has 0 unspecified atom stereocenters. The topological polar surface area (TPSA) is 69.3 Å². The molecule has 3 heterocycles. The van der Waals surface area contributed by atoms with Gasteiger partial charge in [-0.25, -0.2) is 0 Å². The molecule has 0 aliphatic carbocycles. The van der Waals surface area contributed by atoms with E-state index < -0.39 is 0 Å². The number of hydrogen-bond donors (Lipinski definition) is 0. The van der Waals surface area contributed by atoms with Gasteiger partial charge in [-0.15, -0.1) is 0 Å². The van der Waals surface area contributed by atoms with Crippen LogP contribution in [0.2, 0.25) is 0 Å². The number of pyridine rings is 1. The van der Waals surface area contributed by atoms with E-state index in [0.29, 0.717) is 21.3 Å². The average Bonchev–Trinajstić information content (AvgIpc) is 3.01. The summed E-state index contributed by atoms with van der Waals surface area (Å²) >= 11 is 8.64. The molecule has 1 amide bonds. The van der Waals surface area contributed by atoms with Gasteiger partial charge in [0, 0.05) is 43.8 Å². The molecule has 0 bridgehead atoms. The number of thioether (sulfide) groups is 2. The highest BCUT2D eigenvalue weighted by Gasteiger charge is 2.32. The summed E-state index contributed by atoms with van der Waals surface area (Å²) in [6.07, 6.45) is 4.88. The molecule has 0 N–H and O–H groups in total. The fourth-order valence-corrected chi connectivity index (χ4v) is 5.91. The Kier molecular flexibility index (Phi) is 7.66. The first-order chi connectivity index (χ1) is 14.4. The highest BCUT2D eigenvalue weighted by Crippen LogP contribution is 2.36. The predicted octanol–water partition coefficient (Wildman–Crippen LogP) is 3.51. The Balaban J connectivity index is 2.07. The zero-order chi connectivity index (χ0) is 21.8. The monoisotopic (exact) mass is 462 g/mol. The summed E-state index contributed by atoms with van der Waals surface area (Å²) in [6, 6.07) is 2.05. The van der Waals surface area contributed by atoms with Crippen molar-refractivity contribution in [1.82, 2.24) is 9.47 Å².